The van der Waals surface area contributed by atoms with Crippen LogP contribution in [-0.2, 0) is 6.42 Å². The Morgan fingerprint density at radius 1 is 1.38 bits per heavy atom. The van der Waals surface area contributed by atoms with Gasteiger partial charge in [-0.15, -0.1) is 0 Å². The molecule has 1 N–H and O–H groups in total. The first-order chi connectivity index (χ1) is 7.56. The van der Waals surface area contributed by atoms with E-state index in [1.807, 2.05) is 20.8 Å². The van der Waals surface area contributed by atoms with Crippen LogP contribution in [0.2, 0.25) is 0 Å². The topological polar surface area (TPSA) is 63.1 Å². The number of rotatable bonds is 2. The molecule has 0 aliphatic carbocycles. The molecule has 5 heteroatoms. The molecule has 0 fully saturated rings. The van der Waals surface area contributed by atoms with Crippen molar-refractivity contribution in [3.8, 4) is 0 Å². The van der Waals surface area contributed by atoms with Crippen LogP contribution in [0.5, 0.6) is 0 Å². The van der Waals surface area contributed by atoms with Crippen LogP contribution in [-0.4, -0.2) is 20.4 Å². The Hall–Kier alpha value is -1.49. The van der Waals surface area contributed by atoms with Crippen LogP contribution in [0.15, 0.2) is 0 Å². The number of aromatic nitrogens is 2. The molecule has 16 heavy (non-hydrogen) atoms. The fourth-order valence-corrected chi connectivity index (χ4v) is 2.64. The minimum absolute atomic E-state index is 0.121. The van der Waals surface area contributed by atoms with Crippen LogP contribution in [0.1, 0.15) is 34.2 Å². The summed E-state index contributed by atoms with van der Waals surface area (Å²) in [6.07, 6.45) is 0.850. The molecule has 0 spiro atoms. The van der Waals surface area contributed by atoms with E-state index in [2.05, 4.69) is 9.36 Å². The molecule has 2 rings (SSSR count). The number of nitrogens with zero attached hydrogens (tertiary/aromatic N) is 2. The zero-order valence-corrected chi connectivity index (χ0v) is 10.2. The number of fused-ring (bicyclic) bond motifs is 1. The van der Waals surface area contributed by atoms with Gasteiger partial charge < -0.3 is 5.11 Å². The van der Waals surface area contributed by atoms with Gasteiger partial charge in [0.1, 0.15) is 4.83 Å². The smallest absolute Gasteiger partial charge is 0.356 e. The van der Waals surface area contributed by atoms with Crippen molar-refractivity contribution in [2.45, 2.75) is 27.2 Å². The Kier molecular flexibility index (Phi) is 2.63. The second kappa shape index (κ2) is 3.83. The minimum Gasteiger partial charge on any atom is -0.476 e. The summed E-state index contributed by atoms with van der Waals surface area (Å²) in [4.78, 5) is 16.2. The van der Waals surface area contributed by atoms with Gasteiger partial charge in [-0.05, 0) is 42.9 Å². The van der Waals surface area contributed by atoms with Crippen LogP contribution in [0.25, 0.3) is 10.2 Å². The number of hydrogen-bond donors (Lipinski definition) is 1. The molecule has 0 amide bonds. The van der Waals surface area contributed by atoms with Crippen LogP contribution < -0.4 is 0 Å². The molecule has 0 saturated carbocycles. The summed E-state index contributed by atoms with van der Waals surface area (Å²) in [5.74, 6) is -0.986. The molecule has 0 aliphatic heterocycles. The van der Waals surface area contributed by atoms with Gasteiger partial charge in [-0.3, -0.25) is 0 Å². The number of carboxylic acid groups (broad SMARTS) is 1. The van der Waals surface area contributed by atoms with Crippen LogP contribution in [0.4, 0.5) is 0 Å². The van der Waals surface area contributed by atoms with Crippen molar-refractivity contribution in [1.29, 1.82) is 0 Å². The summed E-state index contributed by atoms with van der Waals surface area (Å²) in [6, 6.07) is 0. The molecule has 0 unspecified atom stereocenters. The zero-order chi connectivity index (χ0) is 11.9. The normalized spacial score (nSPS) is 10.9. The first-order valence-electron chi connectivity index (χ1n) is 5.05. The van der Waals surface area contributed by atoms with Gasteiger partial charge in [-0.25, -0.2) is 9.78 Å². The first-order valence-corrected chi connectivity index (χ1v) is 5.82. The van der Waals surface area contributed by atoms with Gasteiger partial charge >= 0.3 is 5.97 Å². The Balaban J connectivity index is 2.85. The minimum atomic E-state index is -0.986. The Morgan fingerprint density at radius 3 is 2.62 bits per heavy atom. The molecule has 0 aromatic carbocycles. The van der Waals surface area contributed by atoms with E-state index in [1.165, 1.54) is 0 Å². The van der Waals surface area contributed by atoms with E-state index >= 15 is 0 Å². The largest absolute Gasteiger partial charge is 0.476 e. The third-order valence-electron chi connectivity index (χ3n) is 2.82. The lowest BCUT2D eigenvalue weighted by Gasteiger charge is -2.06. The predicted molar refractivity (Wildman–Crippen MR) is 63.2 cm³/mol. The summed E-state index contributed by atoms with van der Waals surface area (Å²) in [7, 11) is 0. The van der Waals surface area contributed by atoms with Crippen molar-refractivity contribution in [1.82, 2.24) is 9.36 Å². The highest BCUT2D eigenvalue weighted by molar-refractivity contribution is 7.13. The predicted octanol–water partition coefficient (Wildman–Crippen LogP) is 2.57. The average molecular weight is 236 g/mol. The molecule has 0 atom stereocenters. The fourth-order valence-electron chi connectivity index (χ4n) is 1.80. The Morgan fingerprint density at radius 2 is 2.06 bits per heavy atom. The van der Waals surface area contributed by atoms with Gasteiger partial charge in [0.2, 0.25) is 0 Å². The van der Waals surface area contributed by atoms with E-state index in [0.29, 0.717) is 5.39 Å². The van der Waals surface area contributed by atoms with E-state index in [0.717, 1.165) is 39.6 Å². The molecule has 0 saturated heterocycles. The summed E-state index contributed by atoms with van der Waals surface area (Å²) >= 11 is 1.15. The highest BCUT2D eigenvalue weighted by atomic mass is 32.1. The lowest BCUT2D eigenvalue weighted by molar-refractivity contribution is 0.0694. The van der Waals surface area contributed by atoms with Gasteiger partial charge in [-0.2, -0.15) is 4.37 Å². The highest BCUT2D eigenvalue weighted by Crippen LogP contribution is 2.28. The maximum atomic E-state index is 11.0. The lowest BCUT2D eigenvalue weighted by Crippen LogP contribution is -2.01. The molecule has 0 bridgehead atoms. The van der Waals surface area contributed by atoms with Crippen molar-refractivity contribution >= 4 is 27.7 Å². The fraction of sp³-hybridized carbons (Fsp3) is 0.364. The summed E-state index contributed by atoms with van der Waals surface area (Å²) in [5.41, 5.74) is 3.19. The zero-order valence-electron chi connectivity index (χ0n) is 9.37. The standard InChI is InChI=1S/C11H12N2O2S/c1-4-7-5(2)6(3)8-9(11(14)15)13-16-10(8)12-7/h4H2,1-3H3,(H,14,15). The summed E-state index contributed by atoms with van der Waals surface area (Å²) < 4.78 is 3.95. The van der Waals surface area contributed by atoms with E-state index in [4.69, 9.17) is 5.11 Å². The summed E-state index contributed by atoms with van der Waals surface area (Å²) in [5, 5.41) is 9.72. The highest BCUT2D eigenvalue weighted by Gasteiger charge is 2.18. The molecule has 4 nitrogen and oxygen atoms in total. The number of carbonyl (C=O) groups is 1. The van der Waals surface area contributed by atoms with Gasteiger partial charge in [0.05, 0.1) is 0 Å². The van der Waals surface area contributed by atoms with Crippen LogP contribution >= 0.6 is 11.5 Å². The number of aromatic carboxylic acids is 1. The van der Waals surface area contributed by atoms with E-state index in [9.17, 15) is 4.79 Å². The number of pyridine rings is 1. The number of carboxylic acids is 1. The van der Waals surface area contributed by atoms with Crippen molar-refractivity contribution in [3.63, 3.8) is 0 Å². The molecular formula is C11H12N2O2S. The summed E-state index contributed by atoms with van der Waals surface area (Å²) in [6.45, 7) is 5.95. The lowest BCUT2D eigenvalue weighted by atomic mass is 10.0. The molecule has 0 radical (unpaired) electrons. The average Bonchev–Trinajstić information content (AvgIpc) is 2.67. The second-order valence-corrected chi connectivity index (χ2v) is 4.43. The van der Waals surface area contributed by atoms with E-state index in [1.54, 1.807) is 0 Å². The maximum absolute atomic E-state index is 11.0. The van der Waals surface area contributed by atoms with Gasteiger partial charge in [0.25, 0.3) is 0 Å². The van der Waals surface area contributed by atoms with Gasteiger partial charge in [0.15, 0.2) is 5.69 Å². The molecule has 2 aromatic heterocycles. The monoisotopic (exact) mass is 236 g/mol. The molecular weight excluding hydrogens is 224 g/mol. The third-order valence-corrected chi connectivity index (χ3v) is 3.56. The quantitative estimate of drug-likeness (QED) is 0.870. The van der Waals surface area contributed by atoms with Crippen LogP contribution in [0.3, 0.4) is 0 Å². The maximum Gasteiger partial charge on any atom is 0.356 e. The van der Waals surface area contributed by atoms with Crippen molar-refractivity contribution in [2.75, 3.05) is 0 Å². The number of aryl methyl sites for hydroxylation is 2. The van der Waals surface area contributed by atoms with Gasteiger partial charge in [-0.1, -0.05) is 6.92 Å². The number of hydrogen-bond acceptors (Lipinski definition) is 4. The second-order valence-electron chi connectivity index (χ2n) is 3.68. The van der Waals surface area contributed by atoms with Gasteiger partial charge in [0, 0.05) is 11.1 Å². The van der Waals surface area contributed by atoms with Crippen molar-refractivity contribution < 1.29 is 9.90 Å². The van der Waals surface area contributed by atoms with E-state index < -0.39 is 5.97 Å². The molecule has 2 aromatic rings. The van der Waals surface area contributed by atoms with Crippen molar-refractivity contribution in [2.24, 2.45) is 0 Å². The third kappa shape index (κ3) is 1.48. The van der Waals surface area contributed by atoms with E-state index in [-0.39, 0.29) is 5.69 Å². The van der Waals surface area contributed by atoms with Crippen molar-refractivity contribution in [3.05, 3.63) is 22.5 Å². The Labute approximate surface area is 97.1 Å². The molecule has 0 aliphatic rings. The first kappa shape index (κ1) is 11.0. The van der Waals surface area contributed by atoms with Crippen LogP contribution in [0, 0.1) is 13.8 Å². The molecule has 84 valence electrons. The molecule has 2 heterocycles. The Bertz CT molecular complexity index is 575. The SMILES string of the molecule is CCc1nc2snc(C(=O)O)c2c(C)c1C.